The highest BCUT2D eigenvalue weighted by Crippen LogP contribution is 2.29. The van der Waals surface area contributed by atoms with E-state index in [1.807, 2.05) is 37.3 Å². The molecule has 0 saturated carbocycles. The van der Waals surface area contributed by atoms with E-state index in [2.05, 4.69) is 4.52 Å². The molecule has 0 bridgehead atoms. The Morgan fingerprint density at radius 1 is 1.43 bits per heavy atom. The summed E-state index contributed by atoms with van der Waals surface area (Å²) in [6.07, 6.45) is 0.373. The zero-order valence-electron chi connectivity index (χ0n) is 11.6. The van der Waals surface area contributed by atoms with Crippen LogP contribution in [0.15, 0.2) is 30.3 Å². The van der Waals surface area contributed by atoms with Crippen molar-refractivity contribution in [2.45, 2.75) is 32.2 Å². The fourth-order valence-electron chi connectivity index (χ4n) is 1.29. The van der Waals surface area contributed by atoms with E-state index in [1.165, 1.54) is 0 Å². The van der Waals surface area contributed by atoms with Gasteiger partial charge in [-0.3, -0.25) is 5.73 Å². The Hall–Kier alpha value is -1.39. The predicted molar refractivity (Wildman–Crippen MR) is 79.4 cm³/mol. The van der Waals surface area contributed by atoms with E-state index in [0.717, 1.165) is 12.0 Å². The van der Waals surface area contributed by atoms with E-state index in [9.17, 15) is 9.36 Å². The molecular weight excluding hydrogens is 316 g/mol. The maximum absolute atomic E-state index is 11.5. The summed E-state index contributed by atoms with van der Waals surface area (Å²) in [5, 5.41) is 0. The van der Waals surface area contributed by atoms with E-state index in [-0.39, 0.29) is 6.61 Å². The van der Waals surface area contributed by atoms with Gasteiger partial charge in [0.2, 0.25) is 5.78 Å². The molecule has 3 unspecified atom stereocenters. The Bertz CT molecular complexity index is 443. The highest BCUT2D eigenvalue weighted by molar-refractivity contribution is 7.40. The lowest BCUT2D eigenvalue weighted by atomic mass is 10.2. The van der Waals surface area contributed by atoms with E-state index in [4.69, 9.17) is 19.9 Å². The summed E-state index contributed by atoms with van der Waals surface area (Å²) in [6.45, 7) is 2.00. The normalized spacial score (nSPS) is 11.9. The molecule has 1 aromatic carbocycles. The first-order chi connectivity index (χ1) is 10.0. The topological polar surface area (TPSA) is 116 Å². The molecule has 7 nitrogen and oxygen atoms in total. The molecule has 3 atom stereocenters. The monoisotopic (exact) mass is 335 g/mol. The Kier molecular flexibility index (Phi) is 11.5. The maximum Gasteiger partial charge on any atom is 0.581 e. The van der Waals surface area contributed by atoms with Crippen molar-refractivity contribution in [2.24, 2.45) is 5.73 Å². The van der Waals surface area contributed by atoms with Gasteiger partial charge >= 0.3 is 22.9 Å². The van der Waals surface area contributed by atoms with Gasteiger partial charge in [0.05, 0.1) is 0 Å². The molecule has 0 aliphatic rings. The largest absolute Gasteiger partial charge is 0.581 e. The van der Waals surface area contributed by atoms with Crippen LogP contribution < -0.4 is 5.73 Å². The summed E-state index contributed by atoms with van der Waals surface area (Å²) in [4.78, 5) is 18.3. The Balaban J connectivity index is 0.00000122. The number of hydrogen-bond acceptors (Lipinski definition) is 6. The average molecular weight is 335 g/mol. The Morgan fingerprint density at radius 2 is 2.00 bits per heavy atom. The molecule has 0 radical (unpaired) electrons. The van der Waals surface area contributed by atoms with Crippen LogP contribution in [0.5, 0.6) is 0 Å². The number of carbonyl (C=O) groups excluding carboxylic acids is 1. The van der Waals surface area contributed by atoms with Crippen LogP contribution in [-0.4, -0.2) is 16.8 Å². The predicted octanol–water partition coefficient (Wildman–Crippen LogP) is 3.08. The van der Waals surface area contributed by atoms with E-state index in [0.29, 0.717) is 6.42 Å². The average Bonchev–Trinajstić information content (AvgIpc) is 2.47. The molecule has 116 valence electrons. The third-order valence-electron chi connectivity index (χ3n) is 2.22. The molecular formula is C12H19NO6P2+2. The Morgan fingerprint density at radius 3 is 2.52 bits per heavy atom. The number of nitrogens with two attached hydrogens (primary N) is 1. The molecule has 1 aromatic rings. The summed E-state index contributed by atoms with van der Waals surface area (Å²) in [5.74, 6) is -0.630. The van der Waals surface area contributed by atoms with E-state index >= 15 is 0 Å². The first kappa shape index (κ1) is 19.6. The molecule has 1 rings (SSSR count). The standard InChI is InChI=1S/C12H17NO4P.HO2P/c1-2-6-11(13)18(15)17-12(14)16-9-10-7-4-3-5-8-10;1-3-2/h3-5,7-8,11H,2,6,9,13H2,1H3;3H/q+1;/p+1. The van der Waals surface area contributed by atoms with Crippen LogP contribution in [0.1, 0.15) is 25.3 Å². The zero-order valence-corrected chi connectivity index (χ0v) is 13.5. The van der Waals surface area contributed by atoms with Crippen LogP contribution in [0.2, 0.25) is 0 Å². The highest BCUT2D eigenvalue weighted by Gasteiger charge is 2.32. The molecule has 0 heterocycles. The van der Waals surface area contributed by atoms with Crippen LogP contribution in [-0.2, 0) is 25.0 Å². The Labute approximate surface area is 125 Å². The van der Waals surface area contributed by atoms with Gasteiger partial charge in [0, 0.05) is 6.42 Å². The lowest BCUT2D eigenvalue weighted by Crippen LogP contribution is -2.17. The van der Waals surface area contributed by atoms with Crippen molar-refractivity contribution in [1.82, 2.24) is 0 Å². The summed E-state index contributed by atoms with van der Waals surface area (Å²) >= 11 is 0. The first-order valence-corrected chi connectivity index (χ1v) is 8.27. The number of carbonyl (C=O) groups is 1. The van der Waals surface area contributed by atoms with Crippen molar-refractivity contribution in [3.8, 4) is 0 Å². The second kappa shape index (κ2) is 12.4. The van der Waals surface area contributed by atoms with E-state index < -0.39 is 28.7 Å². The third kappa shape index (κ3) is 10.0. The third-order valence-corrected chi connectivity index (χ3v) is 3.35. The van der Waals surface area contributed by atoms with Crippen molar-refractivity contribution in [1.29, 1.82) is 0 Å². The number of benzene rings is 1. The fourth-order valence-corrected chi connectivity index (χ4v) is 2.09. The van der Waals surface area contributed by atoms with Gasteiger partial charge in [0.25, 0.3) is 0 Å². The highest BCUT2D eigenvalue weighted by atomic mass is 31.1. The smallest absolute Gasteiger partial charge is 0.427 e. The minimum atomic E-state index is -2.21. The molecule has 0 aliphatic heterocycles. The second-order valence-corrected chi connectivity index (χ2v) is 5.45. The molecule has 3 N–H and O–H groups in total. The lowest BCUT2D eigenvalue weighted by Gasteiger charge is -2.01. The van der Waals surface area contributed by atoms with Crippen LogP contribution in [0.3, 0.4) is 0 Å². The van der Waals surface area contributed by atoms with Crippen LogP contribution in [0, 0.1) is 0 Å². The second-order valence-electron chi connectivity index (χ2n) is 3.85. The van der Waals surface area contributed by atoms with Crippen molar-refractivity contribution >= 4 is 22.9 Å². The quantitative estimate of drug-likeness (QED) is 0.606. The first-order valence-electron chi connectivity index (χ1n) is 6.17. The molecule has 0 saturated heterocycles. The van der Waals surface area contributed by atoms with Gasteiger partial charge in [-0.25, -0.2) is 0 Å². The van der Waals surface area contributed by atoms with Gasteiger partial charge in [-0.15, -0.1) is 0 Å². The molecule has 0 fully saturated rings. The summed E-state index contributed by atoms with van der Waals surface area (Å²) in [6, 6.07) is 9.16. The molecule has 0 aromatic heterocycles. The van der Waals surface area contributed by atoms with Crippen molar-refractivity contribution < 1.29 is 28.1 Å². The number of rotatable bonds is 6. The van der Waals surface area contributed by atoms with Crippen LogP contribution >= 0.6 is 16.7 Å². The van der Waals surface area contributed by atoms with Gasteiger partial charge in [-0.1, -0.05) is 43.7 Å². The van der Waals surface area contributed by atoms with Crippen LogP contribution in [0.4, 0.5) is 4.79 Å². The minimum Gasteiger partial charge on any atom is -0.427 e. The molecule has 21 heavy (non-hydrogen) atoms. The number of ether oxygens (including phenoxy) is 1. The van der Waals surface area contributed by atoms with Gasteiger partial charge in [-0.05, 0) is 14.7 Å². The summed E-state index contributed by atoms with van der Waals surface area (Å²) < 4.78 is 29.4. The molecule has 0 amide bonds. The molecule has 0 spiro atoms. The van der Waals surface area contributed by atoms with Gasteiger partial charge < -0.3 is 4.74 Å². The van der Waals surface area contributed by atoms with Crippen LogP contribution in [0.25, 0.3) is 0 Å². The SMILES string of the molecule is CCCC(N)[P+](=O)OC(=O)OCc1ccccc1.O=[PH+]O. The van der Waals surface area contributed by atoms with Crippen molar-refractivity contribution in [2.75, 3.05) is 0 Å². The summed E-state index contributed by atoms with van der Waals surface area (Å²) in [7, 11) is -3.38. The van der Waals surface area contributed by atoms with Gasteiger partial charge in [0.1, 0.15) is 6.61 Å². The lowest BCUT2D eigenvalue weighted by molar-refractivity contribution is 0.0951. The van der Waals surface area contributed by atoms with Crippen molar-refractivity contribution in [3.63, 3.8) is 0 Å². The maximum atomic E-state index is 11.5. The minimum absolute atomic E-state index is 0.0891. The number of hydrogen-bond donors (Lipinski definition) is 2. The molecule has 0 aliphatic carbocycles. The van der Waals surface area contributed by atoms with Crippen molar-refractivity contribution in [3.05, 3.63) is 35.9 Å². The molecule has 9 heteroatoms. The zero-order chi connectivity index (χ0) is 16.1. The van der Waals surface area contributed by atoms with Gasteiger partial charge in [0.15, 0.2) is 0 Å². The fraction of sp³-hybridized carbons (Fsp3) is 0.417. The van der Waals surface area contributed by atoms with E-state index in [1.54, 1.807) is 0 Å². The summed E-state index contributed by atoms with van der Waals surface area (Å²) in [5.41, 5.74) is 6.40. The van der Waals surface area contributed by atoms with Gasteiger partial charge in [-0.2, -0.15) is 14.2 Å².